The summed E-state index contributed by atoms with van der Waals surface area (Å²) in [6, 6.07) is 0.313. The first-order chi connectivity index (χ1) is 8.13. The Morgan fingerprint density at radius 2 is 2.12 bits per heavy atom. The van der Waals surface area contributed by atoms with Gasteiger partial charge in [-0.15, -0.1) is 0 Å². The molecule has 17 heavy (non-hydrogen) atoms. The van der Waals surface area contributed by atoms with Crippen molar-refractivity contribution in [2.75, 3.05) is 13.1 Å². The highest BCUT2D eigenvalue weighted by molar-refractivity contribution is 6.03. The molecule has 0 spiro atoms. The van der Waals surface area contributed by atoms with Crippen LogP contribution in [-0.4, -0.2) is 35.8 Å². The normalized spacial score (nSPS) is 26.7. The first kappa shape index (κ1) is 12.6. The van der Waals surface area contributed by atoms with Gasteiger partial charge >= 0.3 is 0 Å². The average molecular weight is 238 g/mol. The van der Waals surface area contributed by atoms with E-state index in [1.165, 1.54) is 17.7 Å². The van der Waals surface area contributed by atoms with Gasteiger partial charge in [-0.3, -0.25) is 14.5 Å². The van der Waals surface area contributed by atoms with Gasteiger partial charge in [0.15, 0.2) is 0 Å². The van der Waals surface area contributed by atoms with Crippen molar-refractivity contribution in [1.29, 1.82) is 0 Å². The van der Waals surface area contributed by atoms with Crippen LogP contribution in [0.3, 0.4) is 0 Å². The quantitative estimate of drug-likeness (QED) is 0.706. The molecule has 4 nitrogen and oxygen atoms in total. The highest BCUT2D eigenvalue weighted by Crippen LogP contribution is 2.34. The third-order valence-electron chi connectivity index (χ3n) is 3.70. The SMILES string of the molecule is CCCNC(CN1C(=O)CC(C)C1=O)C1CC1. The van der Waals surface area contributed by atoms with E-state index >= 15 is 0 Å². The molecule has 0 aromatic carbocycles. The second-order valence-electron chi connectivity index (χ2n) is 5.35. The predicted octanol–water partition coefficient (Wildman–Crippen LogP) is 1.16. The van der Waals surface area contributed by atoms with Gasteiger partial charge in [-0.2, -0.15) is 0 Å². The molecular formula is C13H22N2O2. The van der Waals surface area contributed by atoms with Crippen LogP contribution in [0.4, 0.5) is 0 Å². The van der Waals surface area contributed by atoms with Gasteiger partial charge in [-0.1, -0.05) is 13.8 Å². The lowest BCUT2D eigenvalue weighted by atomic mass is 10.1. The minimum absolute atomic E-state index is 0.00597. The van der Waals surface area contributed by atoms with Crippen molar-refractivity contribution in [2.45, 2.75) is 45.6 Å². The van der Waals surface area contributed by atoms with Gasteiger partial charge in [0, 0.05) is 24.9 Å². The molecular weight excluding hydrogens is 216 g/mol. The molecule has 1 saturated heterocycles. The summed E-state index contributed by atoms with van der Waals surface area (Å²) in [4.78, 5) is 25.0. The minimum atomic E-state index is -0.117. The lowest BCUT2D eigenvalue weighted by Crippen LogP contribution is -2.45. The third kappa shape index (κ3) is 2.86. The Labute approximate surface area is 103 Å². The lowest BCUT2D eigenvalue weighted by Gasteiger charge is -2.23. The molecule has 1 N–H and O–H groups in total. The molecule has 0 radical (unpaired) electrons. The fourth-order valence-electron chi connectivity index (χ4n) is 2.45. The summed E-state index contributed by atoms with van der Waals surface area (Å²) in [6.45, 7) is 5.51. The summed E-state index contributed by atoms with van der Waals surface area (Å²) in [6.07, 6.45) is 3.94. The highest BCUT2D eigenvalue weighted by atomic mass is 16.2. The van der Waals surface area contributed by atoms with Crippen LogP contribution >= 0.6 is 0 Å². The van der Waals surface area contributed by atoms with Crippen LogP contribution in [0.25, 0.3) is 0 Å². The summed E-state index contributed by atoms with van der Waals surface area (Å²) >= 11 is 0. The fourth-order valence-corrected chi connectivity index (χ4v) is 2.45. The van der Waals surface area contributed by atoms with Crippen LogP contribution in [0.1, 0.15) is 39.5 Å². The summed E-state index contributed by atoms with van der Waals surface area (Å²) in [5.74, 6) is 0.567. The van der Waals surface area contributed by atoms with Crippen LogP contribution in [0, 0.1) is 11.8 Å². The molecule has 1 heterocycles. The molecule has 4 heteroatoms. The predicted molar refractivity (Wildman–Crippen MR) is 65.3 cm³/mol. The van der Waals surface area contributed by atoms with Gasteiger partial charge in [0.25, 0.3) is 0 Å². The highest BCUT2D eigenvalue weighted by Gasteiger charge is 2.39. The van der Waals surface area contributed by atoms with Crippen LogP contribution in [0.15, 0.2) is 0 Å². The van der Waals surface area contributed by atoms with Gasteiger partial charge in [0.1, 0.15) is 0 Å². The molecule has 2 aliphatic rings. The van der Waals surface area contributed by atoms with E-state index in [9.17, 15) is 9.59 Å². The zero-order valence-corrected chi connectivity index (χ0v) is 10.7. The van der Waals surface area contributed by atoms with Crippen LogP contribution in [-0.2, 0) is 9.59 Å². The molecule has 2 amide bonds. The first-order valence-corrected chi connectivity index (χ1v) is 6.71. The van der Waals surface area contributed by atoms with Crippen molar-refractivity contribution >= 4 is 11.8 Å². The second kappa shape index (κ2) is 5.17. The van der Waals surface area contributed by atoms with Gasteiger partial charge in [-0.25, -0.2) is 0 Å². The van der Waals surface area contributed by atoms with Crippen molar-refractivity contribution in [3.8, 4) is 0 Å². The zero-order valence-electron chi connectivity index (χ0n) is 10.7. The van der Waals surface area contributed by atoms with Gasteiger partial charge < -0.3 is 5.32 Å². The van der Waals surface area contributed by atoms with Crippen molar-refractivity contribution in [3.05, 3.63) is 0 Å². The number of nitrogens with zero attached hydrogens (tertiary/aromatic N) is 1. The fraction of sp³-hybridized carbons (Fsp3) is 0.846. The topological polar surface area (TPSA) is 49.4 Å². The molecule has 0 aromatic heterocycles. The molecule has 0 aromatic rings. The van der Waals surface area contributed by atoms with Crippen molar-refractivity contribution in [3.63, 3.8) is 0 Å². The number of amides is 2. The van der Waals surface area contributed by atoms with Crippen molar-refractivity contribution < 1.29 is 9.59 Å². The third-order valence-corrected chi connectivity index (χ3v) is 3.70. The lowest BCUT2D eigenvalue weighted by molar-refractivity contribution is -0.139. The number of nitrogens with one attached hydrogen (secondary N) is 1. The van der Waals surface area contributed by atoms with Crippen LogP contribution < -0.4 is 5.32 Å². The molecule has 96 valence electrons. The minimum Gasteiger partial charge on any atom is -0.312 e. The second-order valence-corrected chi connectivity index (χ2v) is 5.35. The molecule has 2 atom stereocenters. The van der Waals surface area contributed by atoms with E-state index in [0.717, 1.165) is 13.0 Å². The van der Waals surface area contributed by atoms with E-state index in [1.807, 2.05) is 6.92 Å². The average Bonchev–Trinajstić information content (AvgIpc) is 3.09. The summed E-state index contributed by atoms with van der Waals surface area (Å²) in [5.41, 5.74) is 0. The number of rotatable bonds is 6. The molecule has 0 bridgehead atoms. The largest absolute Gasteiger partial charge is 0.312 e. The maximum Gasteiger partial charge on any atom is 0.232 e. The molecule has 2 rings (SSSR count). The Morgan fingerprint density at radius 3 is 2.59 bits per heavy atom. The Morgan fingerprint density at radius 1 is 1.41 bits per heavy atom. The van der Waals surface area contributed by atoms with Gasteiger partial charge in [-0.05, 0) is 31.7 Å². The molecule has 2 unspecified atom stereocenters. The van der Waals surface area contributed by atoms with Crippen LogP contribution in [0.2, 0.25) is 0 Å². The number of hydrogen-bond acceptors (Lipinski definition) is 3. The summed E-state index contributed by atoms with van der Waals surface area (Å²) < 4.78 is 0. The van der Waals surface area contributed by atoms with E-state index in [1.54, 1.807) is 0 Å². The Kier molecular flexibility index (Phi) is 3.82. The molecule has 1 saturated carbocycles. The van der Waals surface area contributed by atoms with Crippen molar-refractivity contribution in [2.24, 2.45) is 11.8 Å². The molecule has 2 fully saturated rings. The van der Waals surface area contributed by atoms with E-state index in [4.69, 9.17) is 0 Å². The van der Waals surface area contributed by atoms with E-state index in [-0.39, 0.29) is 17.7 Å². The van der Waals surface area contributed by atoms with Crippen molar-refractivity contribution in [1.82, 2.24) is 10.2 Å². The maximum absolute atomic E-state index is 11.8. The van der Waals surface area contributed by atoms with Gasteiger partial charge in [0.2, 0.25) is 11.8 Å². The maximum atomic E-state index is 11.8. The summed E-state index contributed by atoms with van der Waals surface area (Å²) in [5, 5.41) is 3.47. The Bertz CT molecular complexity index is 313. The van der Waals surface area contributed by atoms with Crippen LogP contribution in [0.5, 0.6) is 0 Å². The molecule has 1 aliphatic heterocycles. The number of carbonyl (C=O) groups is 2. The standard InChI is InChI=1S/C13H22N2O2/c1-3-6-14-11(10-4-5-10)8-15-12(16)7-9(2)13(15)17/h9-11,14H,3-8H2,1-2H3. The van der Waals surface area contributed by atoms with Gasteiger partial charge in [0.05, 0.1) is 0 Å². The monoisotopic (exact) mass is 238 g/mol. The number of imide groups is 1. The van der Waals surface area contributed by atoms with E-state index in [2.05, 4.69) is 12.2 Å². The number of likely N-dealkylation sites (tertiary alicyclic amines) is 1. The molecule has 1 aliphatic carbocycles. The number of hydrogen-bond donors (Lipinski definition) is 1. The van der Waals surface area contributed by atoms with E-state index < -0.39 is 0 Å². The Hall–Kier alpha value is -0.900. The number of carbonyl (C=O) groups excluding carboxylic acids is 2. The Balaban J connectivity index is 1.92. The summed E-state index contributed by atoms with van der Waals surface area (Å²) in [7, 11) is 0. The zero-order chi connectivity index (χ0) is 12.4. The smallest absolute Gasteiger partial charge is 0.232 e. The first-order valence-electron chi connectivity index (χ1n) is 6.71. The van der Waals surface area contributed by atoms with E-state index in [0.29, 0.717) is 24.9 Å².